The number of hydrogen-bond acceptors (Lipinski definition) is 3. The lowest BCUT2D eigenvalue weighted by atomic mass is 9.80. The topological polar surface area (TPSA) is 45.5 Å². The van der Waals surface area contributed by atoms with E-state index >= 15 is 0 Å². The van der Waals surface area contributed by atoms with E-state index in [2.05, 4.69) is 22.3 Å². The van der Waals surface area contributed by atoms with E-state index in [1.54, 1.807) is 12.4 Å². The molecule has 0 saturated carbocycles. The zero-order valence-electron chi connectivity index (χ0n) is 9.95. The maximum atomic E-state index is 9.16. The Morgan fingerprint density at radius 1 is 1.11 bits per heavy atom. The Morgan fingerprint density at radius 3 is 2.72 bits per heavy atom. The molecule has 0 fully saturated rings. The Hall–Kier alpha value is -2.16. The van der Waals surface area contributed by atoms with Crippen LogP contribution in [0.1, 0.15) is 29.0 Å². The SMILES string of the molecule is ON=C1CC(c2ccccc2)Cc2ccncc21. The van der Waals surface area contributed by atoms with Crippen LogP contribution in [-0.2, 0) is 6.42 Å². The second-order valence-electron chi connectivity index (χ2n) is 4.60. The highest BCUT2D eigenvalue weighted by molar-refractivity contribution is 6.02. The molecular weight excluding hydrogens is 224 g/mol. The van der Waals surface area contributed by atoms with E-state index < -0.39 is 0 Å². The Morgan fingerprint density at radius 2 is 1.94 bits per heavy atom. The summed E-state index contributed by atoms with van der Waals surface area (Å²) in [7, 11) is 0. The monoisotopic (exact) mass is 238 g/mol. The van der Waals surface area contributed by atoms with Gasteiger partial charge in [0.1, 0.15) is 0 Å². The third-order valence-electron chi connectivity index (χ3n) is 3.52. The highest BCUT2D eigenvalue weighted by Gasteiger charge is 2.25. The number of rotatable bonds is 1. The summed E-state index contributed by atoms with van der Waals surface area (Å²) in [4.78, 5) is 4.10. The van der Waals surface area contributed by atoms with Gasteiger partial charge in [0, 0.05) is 24.4 Å². The van der Waals surface area contributed by atoms with Crippen molar-refractivity contribution in [2.45, 2.75) is 18.8 Å². The number of pyridine rings is 1. The lowest BCUT2D eigenvalue weighted by Crippen LogP contribution is -2.19. The molecule has 0 aliphatic heterocycles. The molecule has 0 radical (unpaired) electrons. The first-order chi connectivity index (χ1) is 8.88. The molecule has 1 unspecified atom stereocenters. The molecule has 0 saturated heterocycles. The Kier molecular flexibility index (Phi) is 2.81. The van der Waals surface area contributed by atoms with Gasteiger partial charge in [-0.3, -0.25) is 4.98 Å². The quantitative estimate of drug-likeness (QED) is 0.613. The maximum absolute atomic E-state index is 9.16. The van der Waals surface area contributed by atoms with Gasteiger partial charge in [-0.2, -0.15) is 0 Å². The maximum Gasteiger partial charge on any atom is 0.0892 e. The summed E-state index contributed by atoms with van der Waals surface area (Å²) in [5.41, 5.74) is 4.21. The predicted octanol–water partition coefficient (Wildman–Crippen LogP) is 2.99. The molecule has 1 N–H and O–H groups in total. The van der Waals surface area contributed by atoms with Crippen LogP contribution in [0.15, 0.2) is 53.9 Å². The fourth-order valence-corrected chi connectivity index (χ4v) is 2.60. The van der Waals surface area contributed by atoms with Crippen LogP contribution in [-0.4, -0.2) is 15.9 Å². The van der Waals surface area contributed by atoms with Crippen LogP contribution in [0.25, 0.3) is 0 Å². The standard InChI is InChI=1S/C15H14N2O/c18-17-15-9-13(11-4-2-1-3-5-11)8-12-6-7-16-10-14(12)15/h1-7,10,13,18H,8-9H2. The van der Waals surface area contributed by atoms with Crippen molar-refractivity contribution in [3.05, 3.63) is 65.5 Å². The van der Waals surface area contributed by atoms with Crippen LogP contribution in [0.3, 0.4) is 0 Å². The van der Waals surface area contributed by atoms with E-state index in [1.807, 2.05) is 24.3 Å². The molecule has 1 heterocycles. The van der Waals surface area contributed by atoms with Gasteiger partial charge in [-0.1, -0.05) is 35.5 Å². The second-order valence-corrected chi connectivity index (χ2v) is 4.60. The molecule has 1 aromatic carbocycles. The highest BCUT2D eigenvalue weighted by atomic mass is 16.4. The minimum Gasteiger partial charge on any atom is -0.411 e. The van der Waals surface area contributed by atoms with E-state index in [4.69, 9.17) is 5.21 Å². The molecule has 0 bridgehead atoms. The van der Waals surface area contributed by atoms with Gasteiger partial charge in [-0.15, -0.1) is 0 Å². The number of fused-ring (bicyclic) bond motifs is 1. The van der Waals surface area contributed by atoms with E-state index in [1.165, 1.54) is 11.1 Å². The van der Waals surface area contributed by atoms with Crippen LogP contribution in [0, 0.1) is 0 Å². The lowest BCUT2D eigenvalue weighted by Gasteiger charge is -2.25. The highest BCUT2D eigenvalue weighted by Crippen LogP contribution is 2.32. The van der Waals surface area contributed by atoms with Crippen LogP contribution in [0.4, 0.5) is 0 Å². The molecule has 3 rings (SSSR count). The number of hydrogen-bond donors (Lipinski definition) is 1. The minimum atomic E-state index is 0.381. The number of oxime groups is 1. The Bertz CT molecular complexity index is 578. The van der Waals surface area contributed by atoms with Crippen LogP contribution >= 0.6 is 0 Å². The third-order valence-corrected chi connectivity index (χ3v) is 3.52. The van der Waals surface area contributed by atoms with Crippen LogP contribution in [0.5, 0.6) is 0 Å². The van der Waals surface area contributed by atoms with Gasteiger partial charge in [0.25, 0.3) is 0 Å². The molecule has 18 heavy (non-hydrogen) atoms. The fourth-order valence-electron chi connectivity index (χ4n) is 2.60. The average Bonchev–Trinajstić information content (AvgIpc) is 2.47. The van der Waals surface area contributed by atoms with Crippen molar-refractivity contribution < 1.29 is 5.21 Å². The predicted molar refractivity (Wildman–Crippen MR) is 70.1 cm³/mol. The molecule has 1 aliphatic rings. The van der Waals surface area contributed by atoms with E-state index in [-0.39, 0.29) is 0 Å². The van der Waals surface area contributed by atoms with Crippen molar-refractivity contribution >= 4 is 5.71 Å². The number of nitrogens with zero attached hydrogens (tertiary/aromatic N) is 2. The normalized spacial score (nSPS) is 20.7. The molecule has 1 atom stereocenters. The molecule has 0 spiro atoms. The molecule has 1 aromatic heterocycles. The zero-order chi connectivity index (χ0) is 12.4. The second kappa shape index (κ2) is 4.61. The van der Waals surface area contributed by atoms with Gasteiger partial charge in [-0.05, 0) is 29.5 Å². The van der Waals surface area contributed by atoms with Gasteiger partial charge < -0.3 is 5.21 Å². The van der Waals surface area contributed by atoms with Crippen LogP contribution < -0.4 is 0 Å². The fraction of sp³-hybridized carbons (Fsp3) is 0.200. The number of aromatic nitrogens is 1. The Balaban J connectivity index is 2.00. The van der Waals surface area contributed by atoms with Gasteiger partial charge in [-0.25, -0.2) is 0 Å². The molecular formula is C15H14N2O. The van der Waals surface area contributed by atoms with Crippen molar-refractivity contribution in [2.75, 3.05) is 0 Å². The molecule has 0 amide bonds. The summed E-state index contributed by atoms with van der Waals surface area (Å²) in [5, 5.41) is 12.6. The summed E-state index contributed by atoms with van der Waals surface area (Å²) in [6.45, 7) is 0. The lowest BCUT2D eigenvalue weighted by molar-refractivity contribution is 0.317. The molecule has 2 aromatic rings. The first-order valence-electron chi connectivity index (χ1n) is 6.07. The molecule has 1 aliphatic carbocycles. The van der Waals surface area contributed by atoms with Gasteiger partial charge in [0.15, 0.2) is 0 Å². The zero-order valence-corrected chi connectivity index (χ0v) is 9.95. The number of benzene rings is 1. The van der Waals surface area contributed by atoms with E-state index in [9.17, 15) is 0 Å². The summed E-state index contributed by atoms with van der Waals surface area (Å²) in [5.74, 6) is 0.381. The Labute approximate surface area is 106 Å². The average molecular weight is 238 g/mol. The summed E-state index contributed by atoms with van der Waals surface area (Å²) in [6, 6.07) is 12.4. The van der Waals surface area contributed by atoms with Gasteiger partial charge in [0.05, 0.1) is 5.71 Å². The molecule has 3 heteroatoms. The van der Waals surface area contributed by atoms with Crippen molar-refractivity contribution in [3.8, 4) is 0 Å². The summed E-state index contributed by atoms with van der Waals surface area (Å²) < 4.78 is 0. The van der Waals surface area contributed by atoms with Crippen molar-refractivity contribution in [3.63, 3.8) is 0 Å². The molecule has 90 valence electrons. The first-order valence-corrected chi connectivity index (χ1v) is 6.07. The van der Waals surface area contributed by atoms with Crippen molar-refractivity contribution in [2.24, 2.45) is 5.16 Å². The van der Waals surface area contributed by atoms with Gasteiger partial charge >= 0.3 is 0 Å². The molecule has 3 nitrogen and oxygen atoms in total. The van der Waals surface area contributed by atoms with Crippen LogP contribution in [0.2, 0.25) is 0 Å². The van der Waals surface area contributed by atoms with E-state index in [0.717, 1.165) is 24.1 Å². The minimum absolute atomic E-state index is 0.381. The first kappa shape index (κ1) is 11.0. The summed E-state index contributed by atoms with van der Waals surface area (Å²) >= 11 is 0. The van der Waals surface area contributed by atoms with Gasteiger partial charge in [0.2, 0.25) is 0 Å². The third kappa shape index (κ3) is 1.88. The van der Waals surface area contributed by atoms with E-state index in [0.29, 0.717) is 5.92 Å². The van der Waals surface area contributed by atoms with Crippen molar-refractivity contribution in [1.82, 2.24) is 4.98 Å². The van der Waals surface area contributed by atoms with Crippen molar-refractivity contribution in [1.29, 1.82) is 0 Å². The smallest absolute Gasteiger partial charge is 0.0892 e. The summed E-state index contributed by atoms with van der Waals surface area (Å²) in [6.07, 6.45) is 5.31. The largest absolute Gasteiger partial charge is 0.411 e.